The lowest BCUT2D eigenvalue weighted by Crippen LogP contribution is -1.97. The highest BCUT2D eigenvalue weighted by Crippen LogP contribution is 2.46. The van der Waals surface area contributed by atoms with E-state index >= 15 is 0 Å². The number of fused-ring (bicyclic) bond motifs is 13. The minimum absolute atomic E-state index is 0.714. The van der Waals surface area contributed by atoms with Gasteiger partial charge in [-0.1, -0.05) is 340 Å². The van der Waals surface area contributed by atoms with Crippen molar-refractivity contribution in [1.29, 1.82) is 0 Å². The van der Waals surface area contributed by atoms with Gasteiger partial charge in [-0.3, -0.25) is 0 Å². The Morgan fingerprint density at radius 2 is 0.415 bits per heavy atom. The first kappa shape index (κ1) is 84.5. The number of hydrogen-bond donors (Lipinski definition) is 0. The molecule has 9 heterocycles. The molecule has 0 bridgehead atoms. The Balaban J connectivity index is 0.000000109. The summed E-state index contributed by atoms with van der Waals surface area (Å²) in [7, 11) is 0. The third kappa shape index (κ3) is 15.9. The number of rotatable bonds is 15. The van der Waals surface area contributed by atoms with Gasteiger partial charge in [0, 0.05) is 96.9 Å². The van der Waals surface area contributed by atoms with E-state index in [4.69, 9.17) is 29.9 Å². The third-order valence-corrected chi connectivity index (χ3v) is 30.3. The summed E-state index contributed by atoms with van der Waals surface area (Å²) >= 11 is 5.31. The molecule has 0 unspecified atom stereocenters. The van der Waals surface area contributed by atoms with E-state index in [0.717, 1.165) is 133 Å². The smallest absolute Gasteiger partial charge is 0.160 e. The lowest BCUT2D eigenvalue weighted by molar-refractivity contribution is 1.17. The molecule has 9 aromatic heterocycles. The molecule has 9 nitrogen and oxygen atoms in total. The van der Waals surface area contributed by atoms with Crippen LogP contribution < -0.4 is 0 Å². The number of aromatic nitrogens is 9. The van der Waals surface area contributed by atoms with Gasteiger partial charge >= 0.3 is 0 Å². The number of nitrogens with zero attached hydrogens (tertiary/aromatic N) is 9. The van der Waals surface area contributed by atoms with Crippen LogP contribution in [0.5, 0.6) is 0 Å². The highest BCUT2D eigenvalue weighted by atomic mass is 32.1. The van der Waals surface area contributed by atoms with Crippen molar-refractivity contribution in [3.63, 3.8) is 0 Å². The molecule has 0 atom stereocenters. The van der Waals surface area contributed by atoms with Crippen molar-refractivity contribution in [3.05, 3.63) is 504 Å². The Bertz CT molecular complexity index is 9560. The van der Waals surface area contributed by atoms with Crippen molar-refractivity contribution >= 4 is 140 Å². The van der Waals surface area contributed by atoms with E-state index < -0.39 is 0 Å². The van der Waals surface area contributed by atoms with Crippen LogP contribution in [0.25, 0.3) is 257 Å². The molecule has 0 aliphatic heterocycles. The van der Waals surface area contributed by atoms with Gasteiger partial charge in [0.05, 0.1) is 81.9 Å². The van der Waals surface area contributed by atoms with Crippen LogP contribution >= 0.6 is 34.0 Å². The summed E-state index contributed by atoms with van der Waals surface area (Å²) in [5, 5.41) is 13.3. The van der Waals surface area contributed by atoms with E-state index in [2.05, 4.69) is 511 Å². The monoisotopic (exact) mass is 1870 g/mol. The predicted octanol–water partition coefficient (Wildman–Crippen LogP) is 35.5. The second kappa shape index (κ2) is 36.5. The van der Waals surface area contributed by atoms with Gasteiger partial charge in [0.2, 0.25) is 0 Å². The van der Waals surface area contributed by atoms with Gasteiger partial charge in [-0.25, -0.2) is 29.9 Å². The molecule has 666 valence electrons. The molecule has 0 spiro atoms. The number of para-hydroxylation sites is 6. The van der Waals surface area contributed by atoms with Gasteiger partial charge < -0.3 is 13.7 Å². The SMILES string of the molecule is c1ccc(-c2ccc(-c3cc(-c4cc5ccccc5s4)nc(-c4ccc5c(c4)c4ccccc4n5-c4ccccc4)n3)cc2)cc1.c1ccc(-c2ccccc2-c2cc(-c3cc4ccccc4s3)nc(-c3ccc4c(c3)c3ccccc3n4-c3ccccc3)n2)cc1.c1ccc(-n2c3ccccc3c3cc(-c4nc(-c5ccc(-c6cccc7ccccc67)cc5)cc(-c5cc6ccccc6s5)n4)ccc32)cc1. The molecule has 0 saturated carbocycles. The zero-order valence-corrected chi connectivity index (χ0v) is 79.1. The van der Waals surface area contributed by atoms with Gasteiger partial charge in [0.25, 0.3) is 0 Å². The number of thiophene rings is 3. The lowest BCUT2D eigenvalue weighted by atomic mass is 9.97. The van der Waals surface area contributed by atoms with E-state index in [1.54, 1.807) is 34.0 Å². The van der Waals surface area contributed by atoms with Crippen LogP contribution in [0.4, 0.5) is 0 Å². The average Bonchev–Trinajstić information content (AvgIpc) is 1.59. The zero-order chi connectivity index (χ0) is 93.9. The molecule has 0 aliphatic carbocycles. The summed E-state index contributed by atoms with van der Waals surface area (Å²) in [5.74, 6) is 2.15. The molecule has 142 heavy (non-hydrogen) atoms. The molecule has 19 aromatic carbocycles. The molecule has 0 radical (unpaired) electrons. The first-order chi connectivity index (χ1) is 70.3. The molecule has 0 fully saturated rings. The van der Waals surface area contributed by atoms with Gasteiger partial charge in [-0.2, -0.15) is 0 Å². The predicted molar refractivity (Wildman–Crippen MR) is 598 cm³/mol. The van der Waals surface area contributed by atoms with E-state index in [-0.39, 0.29) is 0 Å². The minimum atomic E-state index is 0.714. The second-order valence-electron chi connectivity index (χ2n) is 35.6. The van der Waals surface area contributed by atoms with Crippen molar-refractivity contribution in [2.45, 2.75) is 0 Å². The summed E-state index contributed by atoms with van der Waals surface area (Å²) < 4.78 is 10.8. The summed E-state index contributed by atoms with van der Waals surface area (Å²) in [5.41, 5.74) is 29.2. The average molecular weight is 1870 g/mol. The van der Waals surface area contributed by atoms with Crippen LogP contribution in [0.15, 0.2) is 504 Å². The molecule has 0 amide bonds. The first-order valence-electron chi connectivity index (χ1n) is 47.7. The van der Waals surface area contributed by atoms with Crippen molar-refractivity contribution in [2.75, 3.05) is 0 Å². The van der Waals surface area contributed by atoms with Crippen LogP contribution in [0, 0.1) is 0 Å². The highest BCUT2D eigenvalue weighted by Gasteiger charge is 2.24. The molecule has 28 rings (SSSR count). The summed E-state index contributed by atoms with van der Waals surface area (Å²) in [6, 6.07) is 178. The van der Waals surface area contributed by atoms with Crippen LogP contribution in [0.3, 0.4) is 0 Å². The first-order valence-corrected chi connectivity index (χ1v) is 50.1. The lowest BCUT2D eigenvalue weighted by Gasteiger charge is -2.13. The molecule has 12 heteroatoms. The zero-order valence-electron chi connectivity index (χ0n) is 76.7. The van der Waals surface area contributed by atoms with Gasteiger partial charge in [0.1, 0.15) is 0 Å². The Morgan fingerprint density at radius 3 is 0.824 bits per heavy atom. The van der Waals surface area contributed by atoms with Crippen molar-refractivity contribution in [1.82, 2.24) is 43.6 Å². The van der Waals surface area contributed by atoms with Crippen LogP contribution in [-0.4, -0.2) is 43.6 Å². The second-order valence-corrected chi connectivity index (χ2v) is 38.8. The van der Waals surface area contributed by atoms with E-state index in [0.29, 0.717) is 11.6 Å². The Morgan fingerprint density at radius 1 is 0.148 bits per heavy atom. The Hall–Kier alpha value is -18.0. The van der Waals surface area contributed by atoms with Crippen LogP contribution in [0.2, 0.25) is 0 Å². The van der Waals surface area contributed by atoms with Gasteiger partial charge in [0.15, 0.2) is 17.5 Å². The fourth-order valence-electron chi connectivity index (χ4n) is 20.1. The maximum atomic E-state index is 5.28. The van der Waals surface area contributed by atoms with Crippen molar-refractivity contribution in [2.24, 2.45) is 0 Å². The third-order valence-electron chi connectivity index (χ3n) is 26.9. The van der Waals surface area contributed by atoms with Crippen LogP contribution in [0.1, 0.15) is 0 Å². The van der Waals surface area contributed by atoms with Crippen molar-refractivity contribution in [3.8, 4) is 150 Å². The number of hydrogen-bond acceptors (Lipinski definition) is 9. The van der Waals surface area contributed by atoms with E-state index in [1.807, 2.05) is 6.07 Å². The molecule has 28 aromatic rings. The fourth-order valence-corrected chi connectivity index (χ4v) is 23.2. The Labute approximate surface area is 831 Å². The molecular weight excluding hydrogens is 1780 g/mol. The topological polar surface area (TPSA) is 92.1 Å². The number of benzene rings is 19. The maximum Gasteiger partial charge on any atom is 0.160 e. The van der Waals surface area contributed by atoms with Gasteiger partial charge in [-0.05, 0) is 224 Å². The standard InChI is InChI=1S/C46H29N3S.2C42H27N3S/c1-2-14-35(15-3-1)49-42-19-8-7-17-38(42)39-27-34(25-26-43(39)49)46-47-40(29-41(48-46)45-28-33-12-5-9-20-44(33)50-45)32-23-21-31(22-24-32)37-18-10-13-30-11-4-6-16-36(30)37;1-3-13-28(14-4-1)32-18-8-9-19-33(32)36-27-37(41-26-29-15-7-12-22-40(29)46-41)44-42(43-36)30-23-24-39-35(25-30)34-20-10-11-21-38(34)45(39)31-16-5-2-6-17-31;1-3-11-28(12-4-1)29-19-21-30(22-20-29)36-27-37(41-26-31-13-7-10-18-40(31)46-41)44-42(43-36)32-23-24-39-35(25-32)34-16-8-9-17-38(34)45(39)33-14-5-2-6-15-33/h1-29H;2*1-27H. The summed E-state index contributed by atoms with van der Waals surface area (Å²) in [6.45, 7) is 0. The van der Waals surface area contributed by atoms with E-state index in [9.17, 15) is 0 Å². The van der Waals surface area contributed by atoms with Crippen molar-refractivity contribution < 1.29 is 0 Å². The fraction of sp³-hybridized carbons (Fsp3) is 0. The maximum absolute atomic E-state index is 5.28. The Kier molecular flexibility index (Phi) is 21.7. The summed E-state index contributed by atoms with van der Waals surface area (Å²) in [6.07, 6.45) is 0. The molecule has 0 saturated heterocycles. The minimum Gasteiger partial charge on any atom is -0.309 e. The molecule has 0 aliphatic rings. The highest BCUT2D eigenvalue weighted by molar-refractivity contribution is 7.23. The molecule has 0 N–H and O–H groups in total. The largest absolute Gasteiger partial charge is 0.309 e. The normalized spacial score (nSPS) is 11.5. The summed E-state index contributed by atoms with van der Waals surface area (Å²) in [4.78, 5) is 34.8. The quantitative estimate of drug-likeness (QED) is 0.102. The van der Waals surface area contributed by atoms with E-state index in [1.165, 1.54) is 112 Å². The molecular formula is C130H83N9S3. The van der Waals surface area contributed by atoms with Crippen LogP contribution in [-0.2, 0) is 0 Å². The van der Waals surface area contributed by atoms with Gasteiger partial charge in [-0.15, -0.1) is 34.0 Å².